The maximum absolute atomic E-state index is 15.1. The van der Waals surface area contributed by atoms with E-state index in [-0.39, 0.29) is 39.9 Å². The molecular formula is C26H29FN2O2S. The van der Waals surface area contributed by atoms with E-state index >= 15 is 4.39 Å². The molecule has 6 heteroatoms. The van der Waals surface area contributed by atoms with E-state index in [0.29, 0.717) is 5.56 Å². The zero-order valence-electron chi connectivity index (χ0n) is 19.2. The van der Waals surface area contributed by atoms with E-state index in [1.165, 1.54) is 11.0 Å². The monoisotopic (exact) mass is 452 g/mol. The van der Waals surface area contributed by atoms with E-state index < -0.39 is 0 Å². The smallest absolute Gasteiger partial charge is 0.293 e. The summed E-state index contributed by atoms with van der Waals surface area (Å²) in [4.78, 5) is 29.2. The Morgan fingerprint density at radius 2 is 1.88 bits per heavy atom. The van der Waals surface area contributed by atoms with E-state index in [0.717, 1.165) is 47.1 Å². The molecule has 4 nitrogen and oxygen atoms in total. The maximum Gasteiger partial charge on any atom is 0.293 e. The Hall–Kier alpha value is -2.60. The molecule has 2 aromatic carbocycles. The summed E-state index contributed by atoms with van der Waals surface area (Å²) >= 11 is 0.872. The summed E-state index contributed by atoms with van der Waals surface area (Å²) in [7, 11) is 0. The normalized spacial score (nSPS) is 21.4. The van der Waals surface area contributed by atoms with Crippen LogP contribution in [0.15, 0.2) is 41.3 Å². The van der Waals surface area contributed by atoms with Gasteiger partial charge in [0.2, 0.25) is 0 Å². The van der Waals surface area contributed by atoms with Gasteiger partial charge in [0.05, 0.1) is 11.4 Å². The molecule has 2 aliphatic rings. The Morgan fingerprint density at radius 1 is 1.19 bits per heavy atom. The number of fused-ring (bicyclic) bond motifs is 1. The maximum atomic E-state index is 15.1. The van der Waals surface area contributed by atoms with Gasteiger partial charge in [-0.25, -0.2) is 4.39 Å². The molecule has 0 saturated carbocycles. The van der Waals surface area contributed by atoms with Gasteiger partial charge in [0.25, 0.3) is 11.1 Å². The third-order valence-corrected chi connectivity index (χ3v) is 7.35. The number of anilines is 1. The number of aryl methyl sites for hydroxylation is 1. The lowest BCUT2D eigenvalue weighted by atomic mass is 9.79. The van der Waals surface area contributed by atoms with Gasteiger partial charge in [0.1, 0.15) is 5.82 Å². The highest BCUT2D eigenvalue weighted by Gasteiger charge is 2.37. The SMILES string of the molecule is CCN1c2cc(F)c(/C=C3/SC(=O)N(Cc4ccc(C)cc4)C3=O)cc2C(C)CC1(C)C. The number of hydrogen-bond donors (Lipinski definition) is 0. The molecule has 168 valence electrons. The second-order valence-corrected chi connectivity index (χ2v) is 10.3. The molecule has 0 bridgehead atoms. The number of rotatable bonds is 4. The zero-order valence-corrected chi connectivity index (χ0v) is 20.1. The Bertz CT molecular complexity index is 1110. The van der Waals surface area contributed by atoms with E-state index in [4.69, 9.17) is 0 Å². The predicted octanol–water partition coefficient (Wildman–Crippen LogP) is 6.48. The first-order chi connectivity index (χ1) is 15.1. The van der Waals surface area contributed by atoms with Crippen molar-refractivity contribution in [1.29, 1.82) is 0 Å². The summed E-state index contributed by atoms with van der Waals surface area (Å²) in [6.45, 7) is 11.6. The number of halogens is 1. The van der Waals surface area contributed by atoms with Crippen molar-refractivity contribution in [2.45, 2.75) is 59.0 Å². The molecule has 0 aliphatic carbocycles. The van der Waals surface area contributed by atoms with Gasteiger partial charge in [-0.15, -0.1) is 0 Å². The van der Waals surface area contributed by atoms with Crippen molar-refractivity contribution >= 4 is 34.7 Å². The van der Waals surface area contributed by atoms with E-state index in [9.17, 15) is 9.59 Å². The van der Waals surface area contributed by atoms with Crippen LogP contribution in [-0.4, -0.2) is 28.1 Å². The molecule has 1 fully saturated rings. The van der Waals surface area contributed by atoms with Crippen LogP contribution < -0.4 is 4.90 Å². The van der Waals surface area contributed by atoms with Gasteiger partial charge in [0, 0.05) is 23.3 Å². The number of carbonyl (C=O) groups is 2. The standard InChI is InChI=1S/C26H29FN2O2S/c1-6-29-22-13-21(27)19(11-20(22)17(3)14-26(29,4)5)12-23-24(30)28(25(31)32-23)15-18-9-7-16(2)8-10-18/h7-13,17H,6,14-15H2,1-5H3/b23-12+. The van der Waals surface area contributed by atoms with Crippen LogP contribution in [0.3, 0.4) is 0 Å². The summed E-state index contributed by atoms with van der Waals surface area (Å²) in [5.74, 6) is -0.480. The lowest BCUT2D eigenvalue weighted by Gasteiger charge is -2.47. The summed E-state index contributed by atoms with van der Waals surface area (Å²) in [6, 6.07) is 11.2. The number of benzene rings is 2. The number of hydrogen-bond acceptors (Lipinski definition) is 4. The average molecular weight is 453 g/mol. The lowest BCUT2D eigenvalue weighted by Crippen LogP contribution is -2.48. The first-order valence-corrected chi connectivity index (χ1v) is 11.8. The highest BCUT2D eigenvalue weighted by molar-refractivity contribution is 8.18. The van der Waals surface area contributed by atoms with Crippen molar-refractivity contribution in [3.05, 3.63) is 69.4 Å². The number of imide groups is 1. The third-order valence-electron chi connectivity index (χ3n) is 6.44. The molecule has 0 aromatic heterocycles. The fourth-order valence-corrected chi connectivity index (χ4v) is 5.71. The molecule has 2 aromatic rings. The minimum Gasteiger partial charge on any atom is -0.366 e. The van der Waals surface area contributed by atoms with Gasteiger partial charge < -0.3 is 4.90 Å². The highest BCUT2D eigenvalue weighted by atomic mass is 32.2. The minimum absolute atomic E-state index is 0.0479. The first kappa shape index (κ1) is 22.6. The van der Waals surface area contributed by atoms with Crippen LogP contribution in [-0.2, 0) is 11.3 Å². The molecule has 4 rings (SSSR count). The molecule has 1 atom stereocenters. The summed E-state index contributed by atoms with van der Waals surface area (Å²) < 4.78 is 15.1. The van der Waals surface area contributed by atoms with Crippen LogP contribution in [0.5, 0.6) is 0 Å². The van der Waals surface area contributed by atoms with Crippen LogP contribution in [0.4, 0.5) is 14.9 Å². The molecular weight excluding hydrogens is 423 g/mol. The Morgan fingerprint density at radius 3 is 2.53 bits per heavy atom. The van der Waals surface area contributed by atoms with Crippen LogP contribution in [0.1, 0.15) is 62.3 Å². The van der Waals surface area contributed by atoms with Gasteiger partial charge in [-0.1, -0.05) is 36.8 Å². The van der Waals surface area contributed by atoms with Crippen LogP contribution >= 0.6 is 11.8 Å². The Labute approximate surface area is 193 Å². The van der Waals surface area contributed by atoms with Gasteiger partial charge in [-0.3, -0.25) is 14.5 Å². The van der Waals surface area contributed by atoms with E-state index in [1.54, 1.807) is 6.07 Å². The second kappa shape index (κ2) is 8.39. The Balaban J connectivity index is 1.64. The number of nitrogens with zero attached hydrogens (tertiary/aromatic N) is 2. The quantitative estimate of drug-likeness (QED) is 0.498. The molecule has 1 unspecified atom stereocenters. The minimum atomic E-state index is -0.377. The second-order valence-electron chi connectivity index (χ2n) is 9.35. The molecule has 32 heavy (non-hydrogen) atoms. The van der Waals surface area contributed by atoms with Gasteiger partial charge in [0.15, 0.2) is 0 Å². The van der Waals surface area contributed by atoms with Crippen molar-refractivity contribution in [3.63, 3.8) is 0 Å². The number of thioether (sulfide) groups is 1. The van der Waals surface area contributed by atoms with Crippen LogP contribution in [0.25, 0.3) is 6.08 Å². The van der Waals surface area contributed by atoms with Gasteiger partial charge in [-0.2, -0.15) is 0 Å². The topological polar surface area (TPSA) is 40.6 Å². The molecule has 2 amide bonds. The largest absolute Gasteiger partial charge is 0.366 e. The zero-order chi connectivity index (χ0) is 23.2. The van der Waals surface area contributed by atoms with Crippen LogP contribution in [0.2, 0.25) is 0 Å². The summed E-state index contributed by atoms with van der Waals surface area (Å²) in [5.41, 5.74) is 4.30. The summed E-state index contributed by atoms with van der Waals surface area (Å²) in [6.07, 6.45) is 2.49. The van der Waals surface area contributed by atoms with Crippen molar-refractivity contribution in [2.24, 2.45) is 0 Å². The first-order valence-electron chi connectivity index (χ1n) is 11.0. The van der Waals surface area contributed by atoms with Crippen molar-refractivity contribution < 1.29 is 14.0 Å². The van der Waals surface area contributed by atoms with Crippen molar-refractivity contribution in [3.8, 4) is 0 Å². The number of amides is 2. The molecule has 1 saturated heterocycles. The molecule has 0 radical (unpaired) electrons. The van der Waals surface area contributed by atoms with Gasteiger partial charge >= 0.3 is 0 Å². The van der Waals surface area contributed by atoms with E-state index in [1.807, 2.05) is 37.3 Å². The summed E-state index contributed by atoms with van der Waals surface area (Å²) in [5, 5.41) is -0.326. The van der Waals surface area contributed by atoms with Crippen molar-refractivity contribution in [2.75, 3.05) is 11.4 Å². The lowest BCUT2D eigenvalue weighted by molar-refractivity contribution is -0.123. The van der Waals surface area contributed by atoms with E-state index in [2.05, 4.69) is 32.6 Å². The predicted molar refractivity (Wildman–Crippen MR) is 129 cm³/mol. The van der Waals surface area contributed by atoms with Crippen molar-refractivity contribution in [1.82, 2.24) is 4.90 Å². The average Bonchev–Trinajstić information content (AvgIpc) is 2.98. The molecule has 2 heterocycles. The molecule has 2 aliphatic heterocycles. The third kappa shape index (κ3) is 4.08. The number of carbonyl (C=O) groups excluding carboxylic acids is 2. The highest BCUT2D eigenvalue weighted by Crippen LogP contribution is 2.44. The fraction of sp³-hybridized carbons (Fsp3) is 0.385. The molecule has 0 spiro atoms. The fourth-order valence-electron chi connectivity index (χ4n) is 4.88. The Kier molecular flexibility index (Phi) is 5.93. The van der Waals surface area contributed by atoms with Crippen LogP contribution in [0, 0.1) is 12.7 Å². The molecule has 0 N–H and O–H groups in total. The van der Waals surface area contributed by atoms with Gasteiger partial charge in [-0.05, 0) is 81.1 Å².